The number of ether oxygens (including phenoxy) is 1. The Labute approximate surface area is 244 Å². The maximum atomic E-state index is 13.5. The zero-order valence-electron chi connectivity index (χ0n) is 23.9. The number of nitrogens with zero attached hydrogens (tertiary/aromatic N) is 1. The zero-order valence-corrected chi connectivity index (χ0v) is 23.9. The Kier molecular flexibility index (Phi) is 7.22. The van der Waals surface area contributed by atoms with Gasteiger partial charge in [-0.05, 0) is 86.7 Å². The summed E-state index contributed by atoms with van der Waals surface area (Å²) in [7, 11) is 0. The van der Waals surface area contributed by atoms with Crippen LogP contribution in [0.5, 0.6) is 5.75 Å². The number of para-hydroxylation sites is 1. The first-order valence-corrected chi connectivity index (χ1v) is 14.6. The summed E-state index contributed by atoms with van der Waals surface area (Å²) in [5.74, 6) is -0.460. The Morgan fingerprint density at radius 1 is 0.929 bits per heavy atom. The van der Waals surface area contributed by atoms with Crippen LogP contribution in [-0.2, 0) is 11.3 Å². The number of hydrogen-bond donors (Lipinski definition) is 3. The lowest BCUT2D eigenvalue weighted by Gasteiger charge is -2.25. The van der Waals surface area contributed by atoms with Gasteiger partial charge in [0.05, 0.1) is 17.8 Å². The highest BCUT2D eigenvalue weighted by Gasteiger charge is 2.32. The van der Waals surface area contributed by atoms with Crippen LogP contribution >= 0.6 is 0 Å². The van der Waals surface area contributed by atoms with Crippen molar-refractivity contribution in [1.29, 1.82) is 0 Å². The van der Waals surface area contributed by atoms with Crippen molar-refractivity contribution < 1.29 is 24.2 Å². The molecular formula is C34H35N3O5. The van der Waals surface area contributed by atoms with Crippen LogP contribution in [0.2, 0.25) is 0 Å². The molecule has 3 aromatic carbocycles. The van der Waals surface area contributed by atoms with Gasteiger partial charge in [0.15, 0.2) is 0 Å². The molecule has 3 N–H and O–H groups in total. The van der Waals surface area contributed by atoms with Gasteiger partial charge < -0.3 is 25.0 Å². The SMILES string of the molecule is CC(C)(NC(=O)c1ccc2c(C3CCCCC3)c3n(c2c1)CCOc1ccccc1-3)C(=O)Nc1ccc(C(=O)O)cc1. The third-order valence-electron chi connectivity index (χ3n) is 8.48. The minimum absolute atomic E-state index is 0.126. The zero-order chi connectivity index (χ0) is 29.4. The monoisotopic (exact) mass is 565 g/mol. The van der Waals surface area contributed by atoms with Crippen LogP contribution in [0.1, 0.15) is 78.1 Å². The molecule has 0 bridgehead atoms. The number of benzene rings is 3. The van der Waals surface area contributed by atoms with E-state index in [9.17, 15) is 14.4 Å². The standard InChI is InChI=1S/C34H35N3O5/c1-34(2,33(41)35-24-15-12-22(13-16-24)32(39)40)36-31(38)23-14-17-25-27(20-23)37-18-19-42-28-11-7-6-10-26(28)30(37)29(25)21-8-4-3-5-9-21/h6-7,10-17,20-21H,3-5,8-9,18-19H2,1-2H3,(H,35,41)(H,36,38)(H,39,40). The second-order valence-corrected chi connectivity index (χ2v) is 11.7. The third-order valence-corrected chi connectivity index (χ3v) is 8.48. The first-order valence-electron chi connectivity index (χ1n) is 14.6. The van der Waals surface area contributed by atoms with Crippen molar-refractivity contribution in [3.05, 3.63) is 83.4 Å². The Morgan fingerprint density at radius 2 is 1.64 bits per heavy atom. The van der Waals surface area contributed by atoms with Gasteiger partial charge in [0, 0.05) is 27.7 Å². The molecule has 8 nitrogen and oxygen atoms in total. The van der Waals surface area contributed by atoms with Crippen LogP contribution in [0.4, 0.5) is 5.69 Å². The Balaban J connectivity index is 1.32. The summed E-state index contributed by atoms with van der Waals surface area (Å²) in [6, 6.07) is 20.0. The highest BCUT2D eigenvalue weighted by Crippen LogP contribution is 2.47. The second kappa shape index (κ2) is 11.0. The molecule has 1 aromatic heterocycles. The van der Waals surface area contributed by atoms with Crippen LogP contribution in [0.3, 0.4) is 0 Å². The Hall–Kier alpha value is -4.59. The summed E-state index contributed by atoms with van der Waals surface area (Å²) >= 11 is 0. The van der Waals surface area contributed by atoms with Crippen molar-refractivity contribution in [3.8, 4) is 17.0 Å². The van der Waals surface area contributed by atoms with E-state index >= 15 is 0 Å². The number of aromatic carboxylic acids is 1. The minimum Gasteiger partial charge on any atom is -0.491 e. The maximum Gasteiger partial charge on any atom is 0.335 e. The number of aromatic nitrogens is 1. The molecule has 0 atom stereocenters. The van der Waals surface area contributed by atoms with E-state index in [2.05, 4.69) is 27.3 Å². The van der Waals surface area contributed by atoms with Gasteiger partial charge >= 0.3 is 5.97 Å². The fourth-order valence-electron chi connectivity index (χ4n) is 6.28. The summed E-state index contributed by atoms with van der Waals surface area (Å²) in [5.41, 5.74) is 4.45. The number of carbonyl (C=O) groups is 3. The number of hydrogen-bond acceptors (Lipinski definition) is 4. The van der Waals surface area contributed by atoms with E-state index in [0.29, 0.717) is 30.3 Å². The molecule has 2 aliphatic rings. The average Bonchev–Trinajstić information content (AvgIpc) is 3.18. The summed E-state index contributed by atoms with van der Waals surface area (Å²) < 4.78 is 8.45. The molecule has 8 heteroatoms. The first kappa shape index (κ1) is 27.6. The lowest BCUT2D eigenvalue weighted by atomic mass is 9.81. The van der Waals surface area contributed by atoms with E-state index in [1.807, 2.05) is 30.3 Å². The van der Waals surface area contributed by atoms with E-state index in [4.69, 9.17) is 9.84 Å². The van der Waals surface area contributed by atoms with Crippen LogP contribution in [-0.4, -0.2) is 39.6 Å². The van der Waals surface area contributed by atoms with Gasteiger partial charge in [0.1, 0.15) is 17.9 Å². The van der Waals surface area contributed by atoms with Gasteiger partial charge in [-0.3, -0.25) is 9.59 Å². The molecule has 1 aliphatic carbocycles. The fourth-order valence-corrected chi connectivity index (χ4v) is 6.28. The molecule has 42 heavy (non-hydrogen) atoms. The molecule has 0 unspecified atom stereocenters. The maximum absolute atomic E-state index is 13.5. The van der Waals surface area contributed by atoms with E-state index in [-0.39, 0.29) is 11.5 Å². The number of carboxylic acid groups (broad SMARTS) is 1. The molecular weight excluding hydrogens is 530 g/mol. The van der Waals surface area contributed by atoms with Crippen molar-refractivity contribution in [2.75, 3.05) is 11.9 Å². The number of fused-ring (bicyclic) bond motifs is 5. The van der Waals surface area contributed by atoms with Crippen molar-refractivity contribution in [2.45, 2.75) is 64.0 Å². The largest absolute Gasteiger partial charge is 0.491 e. The smallest absolute Gasteiger partial charge is 0.335 e. The third kappa shape index (κ3) is 5.13. The van der Waals surface area contributed by atoms with Crippen molar-refractivity contribution >= 4 is 34.4 Å². The lowest BCUT2D eigenvalue weighted by Crippen LogP contribution is -2.52. The summed E-state index contributed by atoms with van der Waals surface area (Å²) in [4.78, 5) is 37.8. The Bertz CT molecular complexity index is 1680. The molecule has 0 spiro atoms. The molecule has 0 radical (unpaired) electrons. The molecule has 4 aromatic rings. The second-order valence-electron chi connectivity index (χ2n) is 11.7. The highest BCUT2D eigenvalue weighted by molar-refractivity contribution is 6.05. The topological polar surface area (TPSA) is 110 Å². The molecule has 2 amide bonds. The molecule has 216 valence electrons. The van der Waals surface area contributed by atoms with Gasteiger partial charge in [-0.15, -0.1) is 0 Å². The normalized spacial score (nSPS) is 15.2. The quantitative estimate of drug-likeness (QED) is 0.244. The lowest BCUT2D eigenvalue weighted by molar-refractivity contribution is -0.120. The van der Waals surface area contributed by atoms with Crippen molar-refractivity contribution in [1.82, 2.24) is 9.88 Å². The van der Waals surface area contributed by atoms with E-state index in [1.54, 1.807) is 13.8 Å². The number of nitrogens with one attached hydrogen (secondary N) is 2. The molecule has 1 fully saturated rings. The fraction of sp³-hybridized carbons (Fsp3) is 0.324. The summed E-state index contributed by atoms with van der Waals surface area (Å²) in [6.45, 7) is 4.49. The minimum atomic E-state index is -1.23. The van der Waals surface area contributed by atoms with Gasteiger partial charge in [-0.1, -0.05) is 37.5 Å². The van der Waals surface area contributed by atoms with Crippen LogP contribution in [0.25, 0.3) is 22.2 Å². The number of carbonyl (C=O) groups excluding carboxylic acids is 2. The van der Waals surface area contributed by atoms with Crippen LogP contribution < -0.4 is 15.4 Å². The molecule has 1 aliphatic heterocycles. The Morgan fingerprint density at radius 3 is 2.38 bits per heavy atom. The average molecular weight is 566 g/mol. The van der Waals surface area contributed by atoms with E-state index in [1.165, 1.54) is 60.2 Å². The molecule has 6 rings (SSSR count). The van der Waals surface area contributed by atoms with Crippen molar-refractivity contribution in [2.24, 2.45) is 0 Å². The number of amides is 2. The number of rotatable bonds is 6. The number of carboxylic acids is 1. The van der Waals surface area contributed by atoms with E-state index < -0.39 is 17.4 Å². The number of anilines is 1. The van der Waals surface area contributed by atoms with Gasteiger partial charge in [-0.25, -0.2) is 4.79 Å². The van der Waals surface area contributed by atoms with Gasteiger partial charge in [0.2, 0.25) is 5.91 Å². The first-order chi connectivity index (χ1) is 20.2. The van der Waals surface area contributed by atoms with E-state index in [0.717, 1.165) is 29.7 Å². The molecule has 0 saturated heterocycles. The predicted octanol–water partition coefficient (Wildman–Crippen LogP) is 6.59. The summed E-state index contributed by atoms with van der Waals surface area (Å²) in [5, 5.41) is 15.9. The van der Waals surface area contributed by atoms with Crippen LogP contribution in [0, 0.1) is 0 Å². The van der Waals surface area contributed by atoms with Gasteiger partial charge in [-0.2, -0.15) is 0 Å². The molecule has 2 heterocycles. The van der Waals surface area contributed by atoms with Crippen molar-refractivity contribution in [3.63, 3.8) is 0 Å². The highest BCUT2D eigenvalue weighted by atomic mass is 16.5. The van der Waals surface area contributed by atoms with Crippen LogP contribution in [0.15, 0.2) is 66.7 Å². The predicted molar refractivity (Wildman–Crippen MR) is 162 cm³/mol. The van der Waals surface area contributed by atoms with Gasteiger partial charge in [0.25, 0.3) is 5.91 Å². The summed E-state index contributed by atoms with van der Waals surface area (Å²) in [6.07, 6.45) is 6.01. The molecule has 1 saturated carbocycles.